The highest BCUT2D eigenvalue weighted by atomic mass is 15.0. The number of nitrogens with zero attached hydrogens (tertiary/aromatic N) is 1. The fourth-order valence-electron chi connectivity index (χ4n) is 2.71. The predicted octanol–water partition coefficient (Wildman–Crippen LogP) is 2.56. The first-order chi connectivity index (χ1) is 7.31. The summed E-state index contributed by atoms with van der Waals surface area (Å²) in [5.41, 5.74) is 1.25. The zero-order chi connectivity index (χ0) is 10.7. The Morgan fingerprint density at radius 1 is 1.40 bits per heavy atom. The highest BCUT2D eigenvalue weighted by molar-refractivity contribution is 5.07. The van der Waals surface area contributed by atoms with E-state index in [4.69, 9.17) is 0 Å². The van der Waals surface area contributed by atoms with E-state index in [1.807, 2.05) is 13.1 Å². The molecule has 0 saturated heterocycles. The largest absolute Gasteiger partial charge is 0.345 e. The van der Waals surface area contributed by atoms with Crippen LogP contribution in [-0.4, -0.2) is 17.0 Å². The minimum absolute atomic E-state index is 0.464. The standard InChI is InChI=1S/C12H21N3/c1-9-14-8-11(15-9)12(13-2)10-6-4-3-5-7-10/h8,10,12-13H,3-7H2,1-2H3,(H,14,15). The van der Waals surface area contributed by atoms with Crippen molar-refractivity contribution >= 4 is 0 Å². The van der Waals surface area contributed by atoms with Crippen molar-refractivity contribution in [3.63, 3.8) is 0 Å². The molecule has 1 atom stereocenters. The number of aromatic nitrogens is 2. The molecule has 2 N–H and O–H groups in total. The van der Waals surface area contributed by atoms with Gasteiger partial charge >= 0.3 is 0 Å². The van der Waals surface area contributed by atoms with Gasteiger partial charge in [-0.15, -0.1) is 0 Å². The van der Waals surface area contributed by atoms with Gasteiger partial charge < -0.3 is 10.3 Å². The van der Waals surface area contributed by atoms with Crippen LogP contribution in [0.2, 0.25) is 0 Å². The van der Waals surface area contributed by atoms with Crippen molar-refractivity contribution in [2.24, 2.45) is 5.92 Å². The van der Waals surface area contributed by atoms with E-state index >= 15 is 0 Å². The zero-order valence-corrected chi connectivity index (χ0v) is 9.71. The van der Waals surface area contributed by atoms with Gasteiger partial charge in [0.15, 0.2) is 0 Å². The number of nitrogens with one attached hydrogen (secondary N) is 2. The first kappa shape index (κ1) is 10.7. The molecule has 0 radical (unpaired) electrons. The summed E-state index contributed by atoms with van der Waals surface area (Å²) in [6.07, 6.45) is 8.86. The maximum absolute atomic E-state index is 4.28. The third-order valence-electron chi connectivity index (χ3n) is 3.49. The van der Waals surface area contributed by atoms with E-state index in [1.165, 1.54) is 37.8 Å². The Labute approximate surface area is 91.7 Å². The van der Waals surface area contributed by atoms with Crippen molar-refractivity contribution < 1.29 is 0 Å². The summed E-state index contributed by atoms with van der Waals surface area (Å²) in [6, 6.07) is 0.464. The van der Waals surface area contributed by atoms with Crippen LogP contribution in [0.5, 0.6) is 0 Å². The van der Waals surface area contributed by atoms with Gasteiger partial charge in [0.25, 0.3) is 0 Å². The van der Waals surface area contributed by atoms with Crippen LogP contribution >= 0.6 is 0 Å². The number of rotatable bonds is 3. The first-order valence-electron chi connectivity index (χ1n) is 6.00. The van der Waals surface area contributed by atoms with E-state index in [-0.39, 0.29) is 0 Å². The van der Waals surface area contributed by atoms with Gasteiger partial charge in [-0.2, -0.15) is 0 Å². The lowest BCUT2D eigenvalue weighted by atomic mass is 9.83. The third kappa shape index (κ3) is 2.40. The molecule has 1 saturated carbocycles. The summed E-state index contributed by atoms with van der Waals surface area (Å²) in [5, 5.41) is 3.43. The van der Waals surface area contributed by atoms with Crippen LogP contribution in [0.3, 0.4) is 0 Å². The highest BCUT2D eigenvalue weighted by Gasteiger charge is 2.24. The SMILES string of the molecule is CNC(c1cnc(C)[nH]1)C1CCCCC1. The van der Waals surface area contributed by atoms with E-state index < -0.39 is 0 Å². The molecule has 1 aromatic rings. The van der Waals surface area contributed by atoms with E-state index in [2.05, 4.69) is 22.3 Å². The minimum atomic E-state index is 0.464. The van der Waals surface area contributed by atoms with Crippen molar-refractivity contribution in [2.75, 3.05) is 7.05 Å². The second-order valence-electron chi connectivity index (χ2n) is 4.59. The molecule has 0 amide bonds. The second kappa shape index (κ2) is 4.79. The lowest BCUT2D eigenvalue weighted by molar-refractivity contribution is 0.278. The van der Waals surface area contributed by atoms with E-state index in [1.54, 1.807) is 0 Å². The summed E-state index contributed by atoms with van der Waals surface area (Å²) < 4.78 is 0. The lowest BCUT2D eigenvalue weighted by Gasteiger charge is -2.29. The molecule has 0 spiro atoms. The maximum Gasteiger partial charge on any atom is 0.103 e. The Morgan fingerprint density at radius 3 is 2.67 bits per heavy atom. The molecule has 1 unspecified atom stereocenters. The molecule has 1 aromatic heterocycles. The van der Waals surface area contributed by atoms with Gasteiger partial charge in [0.05, 0.1) is 11.7 Å². The smallest absolute Gasteiger partial charge is 0.103 e. The fraction of sp³-hybridized carbons (Fsp3) is 0.750. The Balaban J connectivity index is 2.08. The van der Waals surface area contributed by atoms with Crippen molar-refractivity contribution in [1.29, 1.82) is 0 Å². The highest BCUT2D eigenvalue weighted by Crippen LogP contribution is 2.33. The van der Waals surface area contributed by atoms with Crippen LogP contribution in [0.25, 0.3) is 0 Å². The van der Waals surface area contributed by atoms with Gasteiger partial charge in [-0.25, -0.2) is 4.98 Å². The molecule has 84 valence electrons. The van der Waals surface area contributed by atoms with Gasteiger partial charge in [0, 0.05) is 6.20 Å². The van der Waals surface area contributed by atoms with Gasteiger partial charge in [-0.05, 0) is 32.7 Å². The summed E-state index contributed by atoms with van der Waals surface area (Å²) in [6.45, 7) is 2.01. The molecule has 0 aliphatic heterocycles. The summed E-state index contributed by atoms with van der Waals surface area (Å²) >= 11 is 0. The van der Waals surface area contributed by atoms with Gasteiger partial charge in [0.1, 0.15) is 5.82 Å². The van der Waals surface area contributed by atoms with Crippen LogP contribution < -0.4 is 5.32 Å². The van der Waals surface area contributed by atoms with Crippen LogP contribution in [-0.2, 0) is 0 Å². The first-order valence-corrected chi connectivity index (χ1v) is 6.00. The lowest BCUT2D eigenvalue weighted by Crippen LogP contribution is -2.27. The van der Waals surface area contributed by atoms with Gasteiger partial charge in [-0.1, -0.05) is 19.3 Å². The minimum Gasteiger partial charge on any atom is -0.345 e. The van der Waals surface area contributed by atoms with Crippen LogP contribution in [0.15, 0.2) is 6.20 Å². The molecule has 1 aliphatic rings. The molecule has 1 heterocycles. The Hall–Kier alpha value is -0.830. The molecule has 3 nitrogen and oxygen atoms in total. The van der Waals surface area contributed by atoms with Crippen molar-refractivity contribution in [3.05, 3.63) is 17.7 Å². The topological polar surface area (TPSA) is 40.7 Å². The van der Waals surface area contributed by atoms with Crippen molar-refractivity contribution in [2.45, 2.75) is 45.1 Å². The Kier molecular flexibility index (Phi) is 3.41. The van der Waals surface area contributed by atoms with E-state index in [9.17, 15) is 0 Å². The summed E-state index contributed by atoms with van der Waals surface area (Å²) in [5.74, 6) is 1.80. The molecular formula is C12H21N3. The van der Waals surface area contributed by atoms with Crippen molar-refractivity contribution in [1.82, 2.24) is 15.3 Å². The summed E-state index contributed by atoms with van der Waals surface area (Å²) in [7, 11) is 2.05. The number of aromatic amines is 1. The van der Waals surface area contributed by atoms with E-state index in [0.717, 1.165) is 11.7 Å². The van der Waals surface area contributed by atoms with Crippen LogP contribution in [0.4, 0.5) is 0 Å². The Bertz CT molecular complexity index is 300. The molecule has 0 bridgehead atoms. The van der Waals surface area contributed by atoms with Crippen LogP contribution in [0, 0.1) is 12.8 Å². The monoisotopic (exact) mass is 207 g/mol. The maximum atomic E-state index is 4.28. The zero-order valence-electron chi connectivity index (χ0n) is 9.71. The van der Waals surface area contributed by atoms with Crippen molar-refractivity contribution in [3.8, 4) is 0 Å². The molecule has 3 heteroatoms. The number of H-pyrrole nitrogens is 1. The number of imidazole rings is 1. The summed E-state index contributed by atoms with van der Waals surface area (Å²) in [4.78, 5) is 7.64. The molecule has 1 fully saturated rings. The quantitative estimate of drug-likeness (QED) is 0.799. The van der Waals surface area contributed by atoms with Gasteiger partial charge in [-0.3, -0.25) is 0 Å². The number of hydrogen-bond acceptors (Lipinski definition) is 2. The van der Waals surface area contributed by atoms with E-state index in [0.29, 0.717) is 6.04 Å². The second-order valence-corrected chi connectivity index (χ2v) is 4.59. The third-order valence-corrected chi connectivity index (χ3v) is 3.49. The number of aryl methyl sites for hydroxylation is 1. The normalized spacial score (nSPS) is 20.4. The Morgan fingerprint density at radius 2 is 2.13 bits per heavy atom. The average molecular weight is 207 g/mol. The molecule has 0 aromatic carbocycles. The average Bonchev–Trinajstić information content (AvgIpc) is 2.68. The number of hydrogen-bond donors (Lipinski definition) is 2. The molecule has 15 heavy (non-hydrogen) atoms. The van der Waals surface area contributed by atoms with Crippen LogP contribution in [0.1, 0.15) is 49.7 Å². The molecular weight excluding hydrogens is 186 g/mol. The molecule has 1 aliphatic carbocycles. The van der Waals surface area contributed by atoms with Gasteiger partial charge in [0.2, 0.25) is 0 Å². The predicted molar refractivity (Wildman–Crippen MR) is 61.7 cm³/mol. The molecule has 2 rings (SSSR count). The fourth-order valence-corrected chi connectivity index (χ4v) is 2.71.